The lowest BCUT2D eigenvalue weighted by Crippen LogP contribution is -2.15. The number of pyridine rings is 1. The van der Waals surface area contributed by atoms with Gasteiger partial charge in [-0.1, -0.05) is 11.6 Å². The SMILES string of the molecule is COC(=O)c1nc(Cl)ccc1N[C@H](C)c1cc(F)cc2c(=O)c3c(oc12)CCC3. The van der Waals surface area contributed by atoms with Crippen LogP contribution in [0.25, 0.3) is 11.0 Å². The molecule has 1 atom stereocenters. The first kappa shape index (κ1) is 19.4. The van der Waals surface area contributed by atoms with Gasteiger partial charge in [-0.25, -0.2) is 14.2 Å². The van der Waals surface area contributed by atoms with E-state index < -0.39 is 17.8 Å². The molecule has 0 spiro atoms. The minimum Gasteiger partial charge on any atom is -0.464 e. The molecule has 0 aliphatic heterocycles. The van der Waals surface area contributed by atoms with Gasteiger partial charge in [-0.05, 0) is 44.0 Å². The average Bonchev–Trinajstić information content (AvgIpc) is 3.18. The van der Waals surface area contributed by atoms with Crippen molar-refractivity contribution in [1.82, 2.24) is 4.98 Å². The number of methoxy groups -OCH3 is 1. The number of aryl methyl sites for hydroxylation is 1. The Balaban J connectivity index is 1.81. The zero-order valence-corrected chi connectivity index (χ0v) is 16.6. The van der Waals surface area contributed by atoms with Crippen LogP contribution < -0.4 is 10.7 Å². The fourth-order valence-corrected chi connectivity index (χ4v) is 3.84. The van der Waals surface area contributed by atoms with E-state index >= 15 is 0 Å². The predicted octanol–water partition coefficient (Wildman–Crippen LogP) is 4.43. The third-order valence-corrected chi connectivity index (χ3v) is 5.28. The molecule has 0 saturated carbocycles. The average molecular weight is 417 g/mol. The monoisotopic (exact) mass is 416 g/mol. The number of carbonyl (C=O) groups excluding carboxylic acids is 1. The first-order chi connectivity index (χ1) is 13.9. The molecule has 29 heavy (non-hydrogen) atoms. The first-order valence-corrected chi connectivity index (χ1v) is 9.56. The minimum absolute atomic E-state index is 0.00917. The molecule has 2 heterocycles. The van der Waals surface area contributed by atoms with Gasteiger partial charge in [0.2, 0.25) is 0 Å². The van der Waals surface area contributed by atoms with Gasteiger partial charge in [-0.2, -0.15) is 0 Å². The molecule has 2 aromatic heterocycles. The van der Waals surface area contributed by atoms with Crippen molar-refractivity contribution in [3.05, 3.63) is 68.0 Å². The number of halogens is 2. The van der Waals surface area contributed by atoms with Crippen LogP contribution in [0, 0.1) is 5.82 Å². The first-order valence-electron chi connectivity index (χ1n) is 9.18. The summed E-state index contributed by atoms with van der Waals surface area (Å²) in [5, 5.41) is 3.48. The fourth-order valence-electron chi connectivity index (χ4n) is 3.69. The molecule has 0 amide bonds. The molecule has 8 heteroatoms. The summed E-state index contributed by atoms with van der Waals surface area (Å²) >= 11 is 5.90. The largest absolute Gasteiger partial charge is 0.464 e. The van der Waals surface area contributed by atoms with Crippen LogP contribution in [-0.2, 0) is 17.6 Å². The molecule has 1 N–H and O–H groups in total. The Labute approximate surface area is 170 Å². The normalized spacial score (nSPS) is 13.9. The lowest BCUT2D eigenvalue weighted by Gasteiger charge is -2.19. The standard InChI is InChI=1S/C21H18ClFN2O4/c1-10(24-15-6-7-17(22)25-18(15)21(27)28-2)13-8-11(23)9-14-19(26)12-4-3-5-16(12)29-20(13)14/h6-10,24H,3-5H2,1-2H3/t10-/m1/s1. The predicted molar refractivity (Wildman–Crippen MR) is 107 cm³/mol. The molecule has 0 unspecified atom stereocenters. The van der Waals surface area contributed by atoms with E-state index in [9.17, 15) is 14.0 Å². The van der Waals surface area contributed by atoms with E-state index in [-0.39, 0.29) is 21.7 Å². The number of hydrogen-bond donors (Lipinski definition) is 1. The second kappa shape index (κ2) is 7.48. The maximum atomic E-state index is 14.3. The molecule has 1 aliphatic rings. The van der Waals surface area contributed by atoms with Crippen molar-refractivity contribution < 1.29 is 18.3 Å². The van der Waals surface area contributed by atoms with E-state index in [1.165, 1.54) is 25.3 Å². The summed E-state index contributed by atoms with van der Waals surface area (Å²) in [4.78, 5) is 28.8. The number of fused-ring (bicyclic) bond motifs is 2. The number of ether oxygens (including phenoxy) is 1. The second-order valence-corrected chi connectivity index (χ2v) is 7.33. The highest BCUT2D eigenvalue weighted by Crippen LogP contribution is 2.31. The van der Waals surface area contributed by atoms with Crippen molar-refractivity contribution in [1.29, 1.82) is 0 Å². The maximum Gasteiger partial charge on any atom is 0.358 e. The molecule has 0 fully saturated rings. The van der Waals surface area contributed by atoms with Crippen molar-refractivity contribution in [2.45, 2.75) is 32.2 Å². The Morgan fingerprint density at radius 1 is 1.34 bits per heavy atom. The van der Waals surface area contributed by atoms with Crippen molar-refractivity contribution >= 4 is 34.2 Å². The van der Waals surface area contributed by atoms with E-state index in [1.54, 1.807) is 13.0 Å². The Morgan fingerprint density at radius 2 is 2.14 bits per heavy atom. The van der Waals surface area contributed by atoms with Crippen LogP contribution in [0.1, 0.15) is 46.8 Å². The lowest BCUT2D eigenvalue weighted by molar-refractivity contribution is 0.0595. The summed E-state index contributed by atoms with van der Waals surface area (Å²) in [6, 6.07) is 5.15. The van der Waals surface area contributed by atoms with Crippen molar-refractivity contribution in [2.75, 3.05) is 12.4 Å². The molecule has 0 saturated heterocycles. The van der Waals surface area contributed by atoms with Gasteiger partial charge in [0.1, 0.15) is 22.3 Å². The Hall–Kier alpha value is -2.93. The Morgan fingerprint density at radius 3 is 2.90 bits per heavy atom. The smallest absolute Gasteiger partial charge is 0.358 e. The number of aromatic nitrogens is 1. The van der Waals surface area contributed by atoms with Crippen LogP contribution >= 0.6 is 11.6 Å². The summed E-state index contributed by atoms with van der Waals surface area (Å²) in [5.74, 6) is -0.532. The van der Waals surface area contributed by atoms with Crippen molar-refractivity contribution in [3.8, 4) is 0 Å². The highest BCUT2D eigenvalue weighted by atomic mass is 35.5. The fraction of sp³-hybridized carbons (Fsp3) is 0.286. The van der Waals surface area contributed by atoms with Gasteiger partial charge >= 0.3 is 5.97 Å². The van der Waals surface area contributed by atoms with Gasteiger partial charge in [0.15, 0.2) is 11.1 Å². The van der Waals surface area contributed by atoms with Gasteiger partial charge in [-0.3, -0.25) is 4.79 Å². The summed E-state index contributed by atoms with van der Waals surface area (Å²) in [7, 11) is 1.24. The van der Waals surface area contributed by atoms with Crippen molar-refractivity contribution in [3.63, 3.8) is 0 Å². The van der Waals surface area contributed by atoms with Gasteiger partial charge in [0.25, 0.3) is 0 Å². The number of anilines is 1. The summed E-state index contributed by atoms with van der Waals surface area (Å²) < 4.78 is 25.1. The van der Waals surface area contributed by atoms with Crippen LogP contribution in [0.2, 0.25) is 5.15 Å². The number of rotatable bonds is 4. The molecular formula is C21H18ClFN2O4. The number of nitrogens with one attached hydrogen (secondary N) is 1. The Kier molecular flexibility index (Phi) is 5.00. The molecule has 0 bridgehead atoms. The lowest BCUT2D eigenvalue weighted by atomic mass is 10.0. The summed E-state index contributed by atoms with van der Waals surface area (Å²) in [6.45, 7) is 1.77. The second-order valence-electron chi connectivity index (χ2n) is 6.95. The van der Waals surface area contributed by atoms with E-state index in [0.717, 1.165) is 6.42 Å². The van der Waals surface area contributed by atoms with Gasteiger partial charge < -0.3 is 14.5 Å². The zero-order valence-electron chi connectivity index (χ0n) is 15.8. The summed E-state index contributed by atoms with van der Waals surface area (Å²) in [6.07, 6.45) is 2.17. The molecule has 4 rings (SSSR count). The van der Waals surface area contributed by atoms with Crippen LogP contribution in [0.3, 0.4) is 0 Å². The number of nitrogens with zero attached hydrogens (tertiary/aromatic N) is 1. The van der Waals surface area contributed by atoms with E-state index in [4.69, 9.17) is 20.8 Å². The van der Waals surface area contributed by atoms with E-state index in [2.05, 4.69) is 10.3 Å². The molecule has 1 aliphatic carbocycles. The van der Waals surface area contributed by atoms with Crippen molar-refractivity contribution in [2.24, 2.45) is 0 Å². The molecule has 150 valence electrons. The molecule has 3 aromatic rings. The molecule has 1 aromatic carbocycles. The molecule has 6 nitrogen and oxygen atoms in total. The van der Waals surface area contributed by atoms with Crippen LogP contribution in [0.4, 0.5) is 10.1 Å². The molecular weight excluding hydrogens is 399 g/mol. The number of hydrogen-bond acceptors (Lipinski definition) is 6. The Bertz CT molecular complexity index is 1190. The topological polar surface area (TPSA) is 81.4 Å². The third kappa shape index (κ3) is 3.46. The zero-order chi connectivity index (χ0) is 20.7. The van der Waals surface area contributed by atoms with Crippen LogP contribution in [0.5, 0.6) is 0 Å². The van der Waals surface area contributed by atoms with Crippen LogP contribution in [-0.4, -0.2) is 18.1 Å². The van der Waals surface area contributed by atoms with Gasteiger partial charge in [-0.15, -0.1) is 0 Å². The summed E-state index contributed by atoms with van der Waals surface area (Å²) in [5.41, 5.74) is 1.64. The van der Waals surface area contributed by atoms with Gasteiger partial charge in [0, 0.05) is 17.5 Å². The number of benzene rings is 1. The highest BCUT2D eigenvalue weighted by molar-refractivity contribution is 6.29. The third-order valence-electron chi connectivity index (χ3n) is 5.07. The highest BCUT2D eigenvalue weighted by Gasteiger charge is 2.24. The van der Waals surface area contributed by atoms with E-state index in [1.807, 2.05) is 0 Å². The minimum atomic E-state index is -0.657. The maximum absolute atomic E-state index is 14.3. The number of esters is 1. The van der Waals surface area contributed by atoms with Gasteiger partial charge in [0.05, 0.1) is 24.2 Å². The van der Waals surface area contributed by atoms with Crippen LogP contribution in [0.15, 0.2) is 33.5 Å². The van der Waals surface area contributed by atoms with E-state index in [0.29, 0.717) is 41.0 Å². The molecule has 0 radical (unpaired) electrons. The number of carbonyl (C=O) groups is 1. The quantitative estimate of drug-likeness (QED) is 0.500.